The molecule has 0 aromatic heterocycles. The van der Waals surface area contributed by atoms with E-state index in [9.17, 15) is 0 Å². The molecule has 0 bridgehead atoms. The van der Waals surface area contributed by atoms with Crippen molar-refractivity contribution in [3.05, 3.63) is 0 Å². The predicted molar refractivity (Wildman–Crippen MR) is 50.8 cm³/mol. The fourth-order valence-electron chi connectivity index (χ4n) is 1.45. The maximum Gasteiger partial charge on any atom is 0.0195 e. The van der Waals surface area contributed by atoms with Gasteiger partial charge >= 0.3 is 0 Å². The fraction of sp³-hybridized carbons (Fsp3) is 1.00. The Kier molecular flexibility index (Phi) is 5.51. The van der Waals surface area contributed by atoms with Crippen LogP contribution in [0, 0.1) is 5.92 Å². The summed E-state index contributed by atoms with van der Waals surface area (Å²) in [6, 6.07) is 0.716. The average molecular weight is 158 g/mol. The topological polar surface area (TPSA) is 24.1 Å². The summed E-state index contributed by atoms with van der Waals surface area (Å²) in [4.78, 5) is 0. The fourth-order valence-corrected chi connectivity index (χ4v) is 1.45. The highest BCUT2D eigenvalue weighted by Crippen LogP contribution is 2.04. The third-order valence-corrected chi connectivity index (χ3v) is 1.88. The first kappa shape index (κ1) is 10.9. The molecule has 1 atom stereocenters. The Hall–Kier alpha value is -0.0800. The van der Waals surface area contributed by atoms with Gasteiger partial charge in [-0.1, -0.05) is 21.3 Å². The molecule has 1 aliphatic heterocycles. The molecule has 1 unspecified atom stereocenters. The van der Waals surface area contributed by atoms with Gasteiger partial charge in [-0.15, -0.1) is 0 Å². The minimum absolute atomic E-state index is 0. The van der Waals surface area contributed by atoms with Crippen molar-refractivity contribution in [2.75, 3.05) is 19.6 Å². The molecule has 0 radical (unpaired) electrons. The Labute approximate surface area is 70.8 Å². The Morgan fingerprint density at radius 1 is 1.36 bits per heavy atom. The van der Waals surface area contributed by atoms with E-state index in [1.54, 1.807) is 0 Å². The van der Waals surface area contributed by atoms with Crippen molar-refractivity contribution in [3.63, 3.8) is 0 Å². The van der Waals surface area contributed by atoms with E-state index in [4.69, 9.17) is 0 Å². The van der Waals surface area contributed by atoms with Gasteiger partial charge in [0.15, 0.2) is 0 Å². The molecular formula is C9H22N2. The first-order valence-electron chi connectivity index (χ1n) is 4.23. The summed E-state index contributed by atoms with van der Waals surface area (Å²) < 4.78 is 0. The summed E-state index contributed by atoms with van der Waals surface area (Å²) >= 11 is 0. The van der Waals surface area contributed by atoms with E-state index >= 15 is 0 Å². The summed E-state index contributed by atoms with van der Waals surface area (Å²) in [6.45, 7) is 7.97. The molecule has 0 saturated carbocycles. The minimum Gasteiger partial charge on any atom is -0.314 e. The maximum absolute atomic E-state index is 3.49. The molecule has 1 saturated heterocycles. The number of nitrogens with one attached hydrogen (secondary N) is 2. The molecule has 0 aliphatic carbocycles. The molecule has 68 valence electrons. The lowest BCUT2D eigenvalue weighted by atomic mass is 10.0. The van der Waals surface area contributed by atoms with Gasteiger partial charge in [0, 0.05) is 25.7 Å². The van der Waals surface area contributed by atoms with Crippen LogP contribution >= 0.6 is 0 Å². The van der Waals surface area contributed by atoms with Gasteiger partial charge in [-0.2, -0.15) is 0 Å². The van der Waals surface area contributed by atoms with E-state index < -0.39 is 0 Å². The lowest BCUT2D eigenvalue weighted by Gasteiger charge is -2.25. The molecule has 1 rings (SSSR count). The Bertz CT molecular complexity index is 85.6. The van der Waals surface area contributed by atoms with Crippen LogP contribution < -0.4 is 10.6 Å². The van der Waals surface area contributed by atoms with Crippen molar-refractivity contribution >= 4 is 0 Å². The third kappa shape index (κ3) is 4.38. The first-order valence-corrected chi connectivity index (χ1v) is 4.23. The normalized spacial score (nSPS) is 24.8. The molecule has 2 N–H and O–H groups in total. The number of piperazine rings is 1. The molecule has 0 aromatic carbocycles. The summed E-state index contributed by atoms with van der Waals surface area (Å²) in [5, 5.41) is 6.87. The van der Waals surface area contributed by atoms with Crippen molar-refractivity contribution < 1.29 is 0 Å². The van der Waals surface area contributed by atoms with Crippen LogP contribution in [0.3, 0.4) is 0 Å². The zero-order chi connectivity index (χ0) is 7.40. The van der Waals surface area contributed by atoms with Gasteiger partial charge in [-0.25, -0.2) is 0 Å². The van der Waals surface area contributed by atoms with E-state index in [2.05, 4.69) is 24.5 Å². The standard InChI is InChI=1S/C8H18N2.CH4/c1-7(2)5-8-6-9-3-4-10-8;/h7-10H,3-6H2,1-2H3;1H4. The van der Waals surface area contributed by atoms with E-state index in [1.807, 2.05) is 0 Å². The van der Waals surface area contributed by atoms with E-state index in [0.717, 1.165) is 25.6 Å². The van der Waals surface area contributed by atoms with E-state index in [0.29, 0.717) is 6.04 Å². The highest BCUT2D eigenvalue weighted by atomic mass is 15.0. The van der Waals surface area contributed by atoms with Crippen molar-refractivity contribution in [2.45, 2.75) is 33.7 Å². The molecule has 1 fully saturated rings. The molecule has 1 heterocycles. The van der Waals surface area contributed by atoms with Crippen molar-refractivity contribution in [3.8, 4) is 0 Å². The zero-order valence-electron chi connectivity index (χ0n) is 6.98. The first-order chi connectivity index (χ1) is 4.79. The van der Waals surface area contributed by atoms with Crippen molar-refractivity contribution in [1.29, 1.82) is 0 Å². The number of hydrogen-bond acceptors (Lipinski definition) is 2. The highest BCUT2D eigenvalue weighted by Gasteiger charge is 2.12. The second kappa shape index (κ2) is 5.56. The van der Waals surface area contributed by atoms with Crippen LogP contribution in [0.25, 0.3) is 0 Å². The number of hydrogen-bond donors (Lipinski definition) is 2. The second-order valence-electron chi connectivity index (χ2n) is 3.48. The molecular weight excluding hydrogens is 136 g/mol. The minimum atomic E-state index is 0. The predicted octanol–water partition coefficient (Wildman–Crippen LogP) is 1.23. The summed E-state index contributed by atoms with van der Waals surface area (Å²) in [7, 11) is 0. The largest absolute Gasteiger partial charge is 0.314 e. The number of rotatable bonds is 2. The zero-order valence-corrected chi connectivity index (χ0v) is 6.98. The molecule has 2 heteroatoms. The molecule has 1 aliphatic rings. The van der Waals surface area contributed by atoms with E-state index in [1.165, 1.54) is 6.42 Å². The van der Waals surface area contributed by atoms with E-state index in [-0.39, 0.29) is 7.43 Å². The monoisotopic (exact) mass is 158 g/mol. The average Bonchev–Trinajstić information content (AvgIpc) is 1.88. The molecule has 0 aromatic rings. The Morgan fingerprint density at radius 3 is 2.55 bits per heavy atom. The van der Waals surface area contributed by atoms with Gasteiger partial charge in [0.25, 0.3) is 0 Å². The molecule has 2 nitrogen and oxygen atoms in total. The highest BCUT2D eigenvalue weighted by molar-refractivity contribution is 4.75. The van der Waals surface area contributed by atoms with Gasteiger partial charge in [0.1, 0.15) is 0 Å². The van der Waals surface area contributed by atoms with Gasteiger partial charge in [-0.3, -0.25) is 0 Å². The second-order valence-corrected chi connectivity index (χ2v) is 3.48. The van der Waals surface area contributed by atoms with Crippen molar-refractivity contribution in [1.82, 2.24) is 10.6 Å². The summed E-state index contributed by atoms with van der Waals surface area (Å²) in [5.41, 5.74) is 0. The van der Waals surface area contributed by atoms with Crippen LogP contribution in [-0.4, -0.2) is 25.7 Å². The Balaban J connectivity index is 0.000001000. The van der Waals surface area contributed by atoms with Gasteiger partial charge in [-0.05, 0) is 12.3 Å². The molecule has 0 amide bonds. The molecule has 0 spiro atoms. The van der Waals surface area contributed by atoms with Gasteiger partial charge < -0.3 is 10.6 Å². The smallest absolute Gasteiger partial charge is 0.0195 e. The quantitative estimate of drug-likeness (QED) is 0.631. The van der Waals surface area contributed by atoms with Crippen LogP contribution in [0.5, 0.6) is 0 Å². The SMILES string of the molecule is C.CC(C)CC1CNCCN1. The molecule has 11 heavy (non-hydrogen) atoms. The van der Waals surface area contributed by atoms with Gasteiger partial charge in [0.05, 0.1) is 0 Å². The summed E-state index contributed by atoms with van der Waals surface area (Å²) in [5.74, 6) is 0.817. The van der Waals surface area contributed by atoms with Crippen LogP contribution in [0.1, 0.15) is 27.7 Å². The van der Waals surface area contributed by atoms with Crippen molar-refractivity contribution in [2.24, 2.45) is 5.92 Å². The van der Waals surface area contributed by atoms with Crippen LogP contribution in [0.15, 0.2) is 0 Å². The lowest BCUT2D eigenvalue weighted by Crippen LogP contribution is -2.48. The lowest BCUT2D eigenvalue weighted by molar-refractivity contribution is 0.362. The third-order valence-electron chi connectivity index (χ3n) is 1.88. The van der Waals surface area contributed by atoms with Gasteiger partial charge in [0.2, 0.25) is 0 Å². The summed E-state index contributed by atoms with van der Waals surface area (Å²) in [6.07, 6.45) is 1.30. The van der Waals surface area contributed by atoms with Crippen LogP contribution in [-0.2, 0) is 0 Å². The maximum atomic E-state index is 3.49. The van der Waals surface area contributed by atoms with Crippen LogP contribution in [0.4, 0.5) is 0 Å². The Morgan fingerprint density at radius 2 is 2.09 bits per heavy atom. The van der Waals surface area contributed by atoms with Crippen LogP contribution in [0.2, 0.25) is 0 Å².